The first-order valence-electron chi connectivity index (χ1n) is 6.12. The molecule has 1 N–H and O–H groups in total. The van der Waals surface area contributed by atoms with Crippen LogP contribution >= 0.6 is 0 Å². The van der Waals surface area contributed by atoms with E-state index in [2.05, 4.69) is 10.5 Å². The zero-order chi connectivity index (χ0) is 13.8. The number of aryl methyl sites for hydroxylation is 1. The Balaban J connectivity index is 2.16. The Morgan fingerprint density at radius 1 is 1.42 bits per heavy atom. The van der Waals surface area contributed by atoms with Crippen molar-refractivity contribution in [3.8, 4) is 5.75 Å². The van der Waals surface area contributed by atoms with Crippen molar-refractivity contribution in [3.05, 3.63) is 47.1 Å². The molecule has 0 radical (unpaired) electrons. The summed E-state index contributed by atoms with van der Waals surface area (Å²) in [4.78, 5) is 0. The zero-order valence-electron chi connectivity index (χ0n) is 11.2. The van der Waals surface area contributed by atoms with Crippen molar-refractivity contribution in [3.63, 3.8) is 0 Å². The number of benzene rings is 1. The quantitative estimate of drug-likeness (QED) is 0.901. The highest BCUT2D eigenvalue weighted by Gasteiger charge is 2.12. The Morgan fingerprint density at radius 3 is 2.84 bits per heavy atom. The van der Waals surface area contributed by atoms with Crippen LogP contribution in [0, 0.1) is 12.7 Å². The highest BCUT2D eigenvalue weighted by Crippen LogP contribution is 2.26. The van der Waals surface area contributed by atoms with Crippen LogP contribution < -0.4 is 10.1 Å². The maximum atomic E-state index is 13.3. The second kappa shape index (κ2) is 5.84. The van der Waals surface area contributed by atoms with Gasteiger partial charge in [0.1, 0.15) is 18.2 Å². The summed E-state index contributed by atoms with van der Waals surface area (Å²) in [5.41, 5.74) is 1.70. The first kappa shape index (κ1) is 13.5. The number of hydrogen-bond donors (Lipinski definition) is 1. The number of halogens is 1. The molecule has 0 aliphatic heterocycles. The number of ether oxygens (including phenoxy) is 1. The average molecular weight is 264 g/mol. The summed E-state index contributed by atoms with van der Waals surface area (Å²) < 4.78 is 24.0. The lowest BCUT2D eigenvalue weighted by Crippen LogP contribution is -2.14. The molecule has 0 saturated carbocycles. The largest absolute Gasteiger partial charge is 0.485 e. The second-order valence-electron chi connectivity index (χ2n) is 4.42. The first-order chi connectivity index (χ1) is 9.10. The van der Waals surface area contributed by atoms with Crippen LogP contribution in [0.3, 0.4) is 0 Å². The van der Waals surface area contributed by atoms with Crippen molar-refractivity contribution in [1.82, 2.24) is 10.5 Å². The fourth-order valence-corrected chi connectivity index (χ4v) is 1.78. The van der Waals surface area contributed by atoms with Crippen LogP contribution in [0.4, 0.5) is 4.39 Å². The lowest BCUT2D eigenvalue weighted by Gasteiger charge is -2.16. The summed E-state index contributed by atoms with van der Waals surface area (Å²) in [7, 11) is 1.84. The molecule has 0 bridgehead atoms. The molecule has 0 amide bonds. The molecule has 0 aliphatic carbocycles. The molecule has 0 aliphatic rings. The molecule has 102 valence electrons. The van der Waals surface area contributed by atoms with Crippen LogP contribution in [0.1, 0.15) is 30.0 Å². The lowest BCUT2D eigenvalue weighted by molar-refractivity contribution is 0.244. The van der Waals surface area contributed by atoms with Gasteiger partial charge in [0.15, 0.2) is 5.76 Å². The number of aromatic nitrogens is 1. The molecular formula is C14H17FN2O2. The molecule has 1 atom stereocenters. The van der Waals surface area contributed by atoms with Gasteiger partial charge in [0, 0.05) is 23.7 Å². The van der Waals surface area contributed by atoms with Gasteiger partial charge in [-0.15, -0.1) is 0 Å². The van der Waals surface area contributed by atoms with E-state index in [0.29, 0.717) is 11.5 Å². The van der Waals surface area contributed by atoms with Gasteiger partial charge in [-0.3, -0.25) is 0 Å². The van der Waals surface area contributed by atoms with E-state index < -0.39 is 0 Å². The maximum Gasteiger partial charge on any atom is 0.174 e. The first-order valence-corrected chi connectivity index (χ1v) is 6.12. The van der Waals surface area contributed by atoms with Crippen LogP contribution in [0.25, 0.3) is 0 Å². The average Bonchev–Trinajstić information content (AvgIpc) is 2.81. The fourth-order valence-electron chi connectivity index (χ4n) is 1.78. The number of nitrogens with zero attached hydrogens (tertiary/aromatic N) is 1. The summed E-state index contributed by atoms with van der Waals surface area (Å²) in [6.07, 6.45) is 0. The summed E-state index contributed by atoms with van der Waals surface area (Å²) in [5, 5.41) is 6.88. The molecule has 2 aromatic rings. The van der Waals surface area contributed by atoms with Gasteiger partial charge in [0.25, 0.3) is 0 Å². The standard InChI is InChI=1S/C14H17FN2O2/c1-9-6-12(19-17-9)8-18-14-7-11(15)4-5-13(14)10(2)16-3/h4-7,10,16H,8H2,1-3H3. The molecule has 1 unspecified atom stereocenters. The Bertz CT molecular complexity index is 554. The van der Waals surface area contributed by atoms with Crippen LogP contribution in [0.5, 0.6) is 5.75 Å². The molecule has 4 nitrogen and oxygen atoms in total. The highest BCUT2D eigenvalue weighted by molar-refractivity contribution is 5.36. The van der Waals surface area contributed by atoms with Gasteiger partial charge >= 0.3 is 0 Å². The monoisotopic (exact) mass is 264 g/mol. The van der Waals surface area contributed by atoms with E-state index in [1.165, 1.54) is 12.1 Å². The Hall–Kier alpha value is -1.88. The molecule has 1 aromatic heterocycles. The Morgan fingerprint density at radius 2 is 2.21 bits per heavy atom. The van der Waals surface area contributed by atoms with Crippen molar-refractivity contribution in [1.29, 1.82) is 0 Å². The van der Waals surface area contributed by atoms with E-state index in [1.807, 2.05) is 20.9 Å². The summed E-state index contributed by atoms with van der Waals surface area (Å²) in [5.74, 6) is 0.802. The highest BCUT2D eigenvalue weighted by atomic mass is 19.1. The molecule has 5 heteroatoms. The van der Waals surface area contributed by atoms with Gasteiger partial charge in [0.05, 0.1) is 5.69 Å². The smallest absolute Gasteiger partial charge is 0.174 e. The van der Waals surface area contributed by atoms with E-state index in [-0.39, 0.29) is 18.5 Å². The molecular weight excluding hydrogens is 247 g/mol. The van der Waals surface area contributed by atoms with Crippen molar-refractivity contribution in [2.24, 2.45) is 0 Å². The SMILES string of the molecule is CNC(C)c1ccc(F)cc1OCc1cc(C)no1. The minimum absolute atomic E-state index is 0.0760. The molecule has 19 heavy (non-hydrogen) atoms. The number of rotatable bonds is 5. The minimum atomic E-state index is -0.323. The molecule has 0 spiro atoms. The van der Waals surface area contributed by atoms with Gasteiger partial charge in [0.2, 0.25) is 0 Å². The third-order valence-electron chi connectivity index (χ3n) is 2.92. The van der Waals surface area contributed by atoms with Crippen LogP contribution in [0.15, 0.2) is 28.8 Å². The third kappa shape index (κ3) is 3.32. The molecule has 0 fully saturated rings. The third-order valence-corrected chi connectivity index (χ3v) is 2.92. The number of hydrogen-bond acceptors (Lipinski definition) is 4. The van der Waals surface area contributed by atoms with Crippen molar-refractivity contribution in [2.75, 3.05) is 7.05 Å². The molecule has 2 rings (SSSR count). The normalized spacial score (nSPS) is 12.4. The van der Waals surface area contributed by atoms with E-state index in [4.69, 9.17) is 9.26 Å². The second-order valence-corrected chi connectivity index (χ2v) is 4.42. The van der Waals surface area contributed by atoms with Crippen molar-refractivity contribution >= 4 is 0 Å². The summed E-state index contributed by atoms with van der Waals surface area (Å²) in [6, 6.07) is 6.39. The van der Waals surface area contributed by atoms with Gasteiger partial charge in [-0.05, 0) is 27.0 Å². The minimum Gasteiger partial charge on any atom is -0.485 e. The summed E-state index contributed by atoms with van der Waals surface area (Å²) >= 11 is 0. The topological polar surface area (TPSA) is 47.3 Å². The Labute approximate surface area is 111 Å². The van der Waals surface area contributed by atoms with E-state index in [0.717, 1.165) is 11.3 Å². The fraction of sp³-hybridized carbons (Fsp3) is 0.357. The predicted octanol–water partition coefficient (Wildman–Crippen LogP) is 2.98. The van der Waals surface area contributed by atoms with E-state index in [9.17, 15) is 4.39 Å². The van der Waals surface area contributed by atoms with Gasteiger partial charge < -0.3 is 14.6 Å². The van der Waals surface area contributed by atoms with E-state index in [1.54, 1.807) is 12.1 Å². The van der Waals surface area contributed by atoms with E-state index >= 15 is 0 Å². The van der Waals surface area contributed by atoms with Crippen LogP contribution in [0.2, 0.25) is 0 Å². The van der Waals surface area contributed by atoms with Crippen molar-refractivity contribution in [2.45, 2.75) is 26.5 Å². The Kier molecular flexibility index (Phi) is 4.16. The summed E-state index contributed by atoms with van der Waals surface area (Å²) in [6.45, 7) is 4.05. The molecule has 1 aromatic carbocycles. The van der Waals surface area contributed by atoms with Crippen LogP contribution in [-0.2, 0) is 6.61 Å². The lowest BCUT2D eigenvalue weighted by atomic mass is 10.1. The maximum absolute atomic E-state index is 13.3. The van der Waals surface area contributed by atoms with Gasteiger partial charge in [-0.2, -0.15) is 0 Å². The predicted molar refractivity (Wildman–Crippen MR) is 69.4 cm³/mol. The number of nitrogens with one attached hydrogen (secondary N) is 1. The van der Waals surface area contributed by atoms with Crippen molar-refractivity contribution < 1.29 is 13.7 Å². The van der Waals surface area contributed by atoms with Gasteiger partial charge in [-0.25, -0.2) is 4.39 Å². The van der Waals surface area contributed by atoms with Crippen LogP contribution in [-0.4, -0.2) is 12.2 Å². The van der Waals surface area contributed by atoms with Gasteiger partial charge in [-0.1, -0.05) is 11.2 Å². The molecule has 0 saturated heterocycles. The zero-order valence-corrected chi connectivity index (χ0v) is 11.2. The molecule has 1 heterocycles.